The molecule has 0 amide bonds. The monoisotopic (exact) mass is 376 g/mol. The van der Waals surface area contributed by atoms with Crippen molar-refractivity contribution in [1.82, 2.24) is 9.55 Å². The van der Waals surface area contributed by atoms with Gasteiger partial charge in [-0.25, -0.2) is 4.98 Å². The molecule has 0 bridgehead atoms. The molecule has 26 heavy (non-hydrogen) atoms. The first-order valence-electron chi connectivity index (χ1n) is 9.48. The number of aromatic nitrogens is 2. The van der Waals surface area contributed by atoms with Crippen molar-refractivity contribution >= 4 is 27.5 Å². The summed E-state index contributed by atoms with van der Waals surface area (Å²) in [5.74, 6) is 0.566. The maximum atomic E-state index is 13.2. The second-order valence-corrected chi connectivity index (χ2v) is 9.41. The van der Waals surface area contributed by atoms with Crippen LogP contribution in [0.15, 0.2) is 4.79 Å². The van der Waals surface area contributed by atoms with Gasteiger partial charge in [-0.3, -0.25) is 14.2 Å². The molecule has 2 aromatic heterocycles. The molecule has 2 heterocycles. The summed E-state index contributed by atoms with van der Waals surface area (Å²) in [6.45, 7) is 9.29. The molecule has 1 atom stereocenters. The largest absolute Gasteiger partial charge is 0.481 e. The zero-order valence-electron chi connectivity index (χ0n) is 16.1. The Kier molecular flexibility index (Phi) is 5.24. The fourth-order valence-corrected chi connectivity index (χ4v) is 5.24. The van der Waals surface area contributed by atoms with Gasteiger partial charge in [0.25, 0.3) is 5.56 Å². The van der Waals surface area contributed by atoms with E-state index in [4.69, 9.17) is 10.1 Å². The molecule has 2 aromatic rings. The molecule has 0 saturated heterocycles. The summed E-state index contributed by atoms with van der Waals surface area (Å²) < 4.78 is 1.70. The molecular formula is C20H28N2O3S. The lowest BCUT2D eigenvalue weighted by Crippen LogP contribution is -2.28. The van der Waals surface area contributed by atoms with Crippen LogP contribution in [0.3, 0.4) is 0 Å². The minimum absolute atomic E-state index is 0.0175. The summed E-state index contributed by atoms with van der Waals surface area (Å²) in [4.78, 5) is 30.9. The number of carbonyl (C=O) groups is 1. The number of hydrogen-bond acceptors (Lipinski definition) is 4. The van der Waals surface area contributed by atoms with Gasteiger partial charge >= 0.3 is 5.97 Å². The quantitative estimate of drug-likeness (QED) is 0.855. The van der Waals surface area contributed by atoms with Crippen LogP contribution in [0.1, 0.15) is 63.2 Å². The third kappa shape index (κ3) is 3.56. The van der Waals surface area contributed by atoms with E-state index in [1.807, 2.05) is 6.92 Å². The fourth-order valence-electron chi connectivity index (χ4n) is 3.93. The van der Waals surface area contributed by atoms with Crippen molar-refractivity contribution in [3.63, 3.8) is 0 Å². The summed E-state index contributed by atoms with van der Waals surface area (Å²) in [6, 6.07) is 0. The molecule has 0 aliphatic heterocycles. The molecule has 1 aliphatic carbocycles. The van der Waals surface area contributed by atoms with E-state index >= 15 is 0 Å². The smallest absolute Gasteiger partial charge is 0.303 e. The molecule has 142 valence electrons. The summed E-state index contributed by atoms with van der Waals surface area (Å²) in [5.41, 5.74) is 1.48. The second-order valence-electron chi connectivity index (χ2n) is 8.33. The Hall–Kier alpha value is -1.69. The van der Waals surface area contributed by atoms with E-state index in [-0.39, 0.29) is 17.4 Å². The molecular weight excluding hydrogens is 348 g/mol. The van der Waals surface area contributed by atoms with E-state index in [1.54, 1.807) is 15.9 Å². The van der Waals surface area contributed by atoms with E-state index in [2.05, 4.69) is 20.8 Å². The van der Waals surface area contributed by atoms with E-state index in [0.717, 1.165) is 35.3 Å². The van der Waals surface area contributed by atoms with E-state index in [9.17, 15) is 9.59 Å². The van der Waals surface area contributed by atoms with Crippen LogP contribution in [0, 0.1) is 11.3 Å². The van der Waals surface area contributed by atoms with Crippen LogP contribution < -0.4 is 5.56 Å². The first kappa shape index (κ1) is 19.1. The lowest BCUT2D eigenvalue weighted by Gasteiger charge is -2.33. The molecule has 0 radical (unpaired) electrons. The van der Waals surface area contributed by atoms with E-state index in [1.165, 1.54) is 10.4 Å². The molecule has 3 rings (SSSR count). The fraction of sp³-hybridized carbons (Fsp3) is 0.650. The van der Waals surface area contributed by atoms with Gasteiger partial charge in [0.05, 0.1) is 5.39 Å². The highest BCUT2D eigenvalue weighted by Gasteiger charge is 2.32. The Balaban J connectivity index is 2.03. The van der Waals surface area contributed by atoms with Crippen LogP contribution in [-0.4, -0.2) is 20.6 Å². The Labute approximate surface area is 158 Å². The molecule has 1 aliphatic rings. The third-order valence-electron chi connectivity index (χ3n) is 5.56. The van der Waals surface area contributed by atoms with Crippen molar-refractivity contribution in [2.45, 2.75) is 72.8 Å². The van der Waals surface area contributed by atoms with Crippen molar-refractivity contribution in [2.24, 2.45) is 11.3 Å². The number of carboxylic acid groups (broad SMARTS) is 1. The van der Waals surface area contributed by atoms with Gasteiger partial charge in [-0.15, -0.1) is 11.3 Å². The minimum Gasteiger partial charge on any atom is -0.481 e. The second kappa shape index (κ2) is 7.14. The highest BCUT2D eigenvalue weighted by molar-refractivity contribution is 7.18. The summed E-state index contributed by atoms with van der Waals surface area (Å²) in [5, 5.41) is 9.66. The Morgan fingerprint density at radius 2 is 2.12 bits per heavy atom. The van der Waals surface area contributed by atoms with Crippen LogP contribution >= 0.6 is 11.3 Å². The van der Waals surface area contributed by atoms with Crippen molar-refractivity contribution < 1.29 is 9.90 Å². The molecule has 0 fully saturated rings. The maximum absolute atomic E-state index is 13.2. The number of nitrogens with zero attached hydrogens (tertiary/aromatic N) is 2. The standard InChI is InChI=1S/C20H28N2O3S/c1-5-15-21-18-17(19(25)22(15)10-6-7-16(23)24)13-9-8-12(20(2,3)4)11-14(13)26-18/h12H,5-11H2,1-4H3,(H,23,24). The Bertz CT molecular complexity index is 889. The zero-order valence-corrected chi connectivity index (χ0v) is 16.9. The number of aryl methyl sites for hydroxylation is 2. The van der Waals surface area contributed by atoms with Crippen LogP contribution in [0.25, 0.3) is 10.2 Å². The van der Waals surface area contributed by atoms with Gasteiger partial charge in [0, 0.05) is 24.3 Å². The SMILES string of the molecule is CCc1nc2sc3c(c2c(=O)n1CCCC(=O)O)CCC(C(C)(C)C)C3. The van der Waals surface area contributed by atoms with Crippen LogP contribution in [0.5, 0.6) is 0 Å². The van der Waals surface area contributed by atoms with Gasteiger partial charge in [-0.2, -0.15) is 0 Å². The molecule has 1 unspecified atom stereocenters. The number of thiophene rings is 1. The predicted octanol–water partition coefficient (Wildman–Crippen LogP) is 4.04. The zero-order chi connectivity index (χ0) is 19.1. The predicted molar refractivity (Wildman–Crippen MR) is 105 cm³/mol. The molecule has 0 spiro atoms. The van der Waals surface area contributed by atoms with Crippen LogP contribution in [-0.2, 0) is 30.6 Å². The van der Waals surface area contributed by atoms with Gasteiger partial charge in [0.15, 0.2) is 0 Å². The molecule has 5 nitrogen and oxygen atoms in total. The van der Waals surface area contributed by atoms with Crippen molar-refractivity contribution in [3.05, 3.63) is 26.6 Å². The van der Waals surface area contributed by atoms with Crippen LogP contribution in [0.4, 0.5) is 0 Å². The Morgan fingerprint density at radius 3 is 2.73 bits per heavy atom. The number of aliphatic carboxylic acids is 1. The number of fused-ring (bicyclic) bond motifs is 3. The normalized spacial score (nSPS) is 17.5. The summed E-state index contributed by atoms with van der Waals surface area (Å²) in [6.07, 6.45) is 4.27. The maximum Gasteiger partial charge on any atom is 0.303 e. The highest BCUT2D eigenvalue weighted by atomic mass is 32.1. The topological polar surface area (TPSA) is 72.2 Å². The van der Waals surface area contributed by atoms with Gasteiger partial charge in [0.1, 0.15) is 10.7 Å². The van der Waals surface area contributed by atoms with Crippen molar-refractivity contribution in [1.29, 1.82) is 0 Å². The molecule has 0 aromatic carbocycles. The average Bonchev–Trinajstić information content (AvgIpc) is 2.93. The number of carboxylic acids is 1. The van der Waals surface area contributed by atoms with E-state index < -0.39 is 5.97 Å². The lowest BCUT2D eigenvalue weighted by molar-refractivity contribution is -0.137. The first-order chi connectivity index (χ1) is 12.2. The summed E-state index contributed by atoms with van der Waals surface area (Å²) in [7, 11) is 0. The average molecular weight is 377 g/mol. The molecule has 1 N–H and O–H groups in total. The lowest BCUT2D eigenvalue weighted by atomic mass is 9.72. The third-order valence-corrected chi connectivity index (χ3v) is 6.71. The van der Waals surface area contributed by atoms with Crippen LogP contribution in [0.2, 0.25) is 0 Å². The number of hydrogen-bond donors (Lipinski definition) is 1. The highest BCUT2D eigenvalue weighted by Crippen LogP contribution is 2.42. The van der Waals surface area contributed by atoms with Crippen molar-refractivity contribution in [2.75, 3.05) is 0 Å². The summed E-state index contributed by atoms with van der Waals surface area (Å²) >= 11 is 1.68. The Morgan fingerprint density at radius 1 is 1.38 bits per heavy atom. The molecule has 0 saturated carbocycles. The number of rotatable bonds is 5. The van der Waals surface area contributed by atoms with Gasteiger partial charge in [0.2, 0.25) is 0 Å². The van der Waals surface area contributed by atoms with Crippen molar-refractivity contribution in [3.8, 4) is 0 Å². The van der Waals surface area contributed by atoms with Gasteiger partial charge in [-0.05, 0) is 42.6 Å². The van der Waals surface area contributed by atoms with Gasteiger partial charge < -0.3 is 5.11 Å². The van der Waals surface area contributed by atoms with Gasteiger partial charge in [-0.1, -0.05) is 27.7 Å². The minimum atomic E-state index is -0.828. The molecule has 6 heteroatoms. The van der Waals surface area contributed by atoms with E-state index in [0.29, 0.717) is 25.3 Å². The first-order valence-corrected chi connectivity index (χ1v) is 10.3.